The lowest BCUT2D eigenvalue weighted by atomic mass is 10.0. The highest BCUT2D eigenvalue weighted by Crippen LogP contribution is 2.42. The predicted octanol–water partition coefficient (Wildman–Crippen LogP) is 2.50. The molecule has 0 atom stereocenters. The monoisotopic (exact) mass is 312 g/mol. The van der Waals surface area contributed by atoms with E-state index in [0.717, 1.165) is 54.6 Å². The highest BCUT2D eigenvalue weighted by Gasteiger charge is 2.19. The molecule has 2 aromatic rings. The van der Waals surface area contributed by atoms with E-state index in [2.05, 4.69) is 34.5 Å². The van der Waals surface area contributed by atoms with Crippen molar-refractivity contribution in [3.05, 3.63) is 36.4 Å². The predicted molar refractivity (Wildman–Crippen MR) is 89.6 cm³/mol. The lowest BCUT2D eigenvalue weighted by molar-refractivity contribution is 0.174. The van der Waals surface area contributed by atoms with Gasteiger partial charge in [0.05, 0.1) is 7.11 Å². The number of rotatable bonds is 3. The van der Waals surface area contributed by atoms with Crippen molar-refractivity contribution in [3.8, 4) is 28.4 Å². The zero-order valence-corrected chi connectivity index (χ0v) is 13.2. The average molecular weight is 312 g/mol. The van der Waals surface area contributed by atoms with Crippen LogP contribution in [0.15, 0.2) is 36.4 Å². The number of hydrogen-bond acceptors (Lipinski definition) is 5. The number of nitrogens with one attached hydrogen (secondary N) is 1. The Morgan fingerprint density at radius 2 is 1.70 bits per heavy atom. The molecule has 120 valence electrons. The summed E-state index contributed by atoms with van der Waals surface area (Å²) in [5.74, 6) is 2.30. The molecule has 0 spiro atoms. The van der Waals surface area contributed by atoms with E-state index in [0.29, 0.717) is 0 Å². The molecule has 0 aromatic heterocycles. The van der Waals surface area contributed by atoms with Crippen LogP contribution in [0.5, 0.6) is 17.2 Å². The summed E-state index contributed by atoms with van der Waals surface area (Å²) in [6.45, 7) is 4.44. The summed E-state index contributed by atoms with van der Waals surface area (Å²) in [6.07, 6.45) is 0. The van der Waals surface area contributed by atoms with Gasteiger partial charge in [-0.05, 0) is 23.8 Å². The molecule has 0 aliphatic carbocycles. The molecule has 0 bridgehead atoms. The molecule has 2 aromatic carbocycles. The second-order valence-corrected chi connectivity index (χ2v) is 5.69. The largest absolute Gasteiger partial charge is 0.496 e. The number of ether oxygens (including phenoxy) is 3. The lowest BCUT2D eigenvalue weighted by Gasteiger charge is -2.29. The molecule has 0 saturated carbocycles. The van der Waals surface area contributed by atoms with Crippen LogP contribution in [-0.4, -0.2) is 40.1 Å². The van der Waals surface area contributed by atoms with E-state index in [1.807, 2.05) is 12.1 Å². The molecule has 5 nitrogen and oxygen atoms in total. The Balaban J connectivity index is 1.65. The van der Waals surface area contributed by atoms with Gasteiger partial charge in [-0.15, -0.1) is 0 Å². The fourth-order valence-corrected chi connectivity index (χ4v) is 3.09. The van der Waals surface area contributed by atoms with Crippen LogP contribution in [0.25, 0.3) is 11.1 Å². The minimum absolute atomic E-state index is 0.268. The Morgan fingerprint density at radius 1 is 1.00 bits per heavy atom. The molecule has 2 aliphatic rings. The van der Waals surface area contributed by atoms with Gasteiger partial charge in [-0.25, -0.2) is 0 Å². The Bertz CT molecular complexity index is 694. The summed E-state index contributed by atoms with van der Waals surface area (Å²) in [7, 11) is 1.68. The van der Waals surface area contributed by atoms with Crippen molar-refractivity contribution in [2.24, 2.45) is 0 Å². The number of hydrogen-bond donors (Lipinski definition) is 1. The normalized spacial score (nSPS) is 16.5. The molecule has 5 heteroatoms. The maximum absolute atomic E-state index is 5.52. The van der Waals surface area contributed by atoms with Crippen LogP contribution in [0.4, 0.5) is 5.69 Å². The third-order valence-electron chi connectivity index (χ3n) is 4.36. The molecule has 2 heterocycles. The van der Waals surface area contributed by atoms with Crippen LogP contribution in [0, 0.1) is 0 Å². The van der Waals surface area contributed by atoms with Gasteiger partial charge >= 0.3 is 0 Å². The minimum atomic E-state index is 0.268. The van der Waals surface area contributed by atoms with Crippen LogP contribution < -0.4 is 24.4 Å². The van der Waals surface area contributed by atoms with Crippen LogP contribution in [0.3, 0.4) is 0 Å². The number of methoxy groups -OCH3 is 1. The van der Waals surface area contributed by atoms with Gasteiger partial charge in [-0.2, -0.15) is 0 Å². The van der Waals surface area contributed by atoms with Crippen molar-refractivity contribution in [2.45, 2.75) is 0 Å². The standard InChI is InChI=1S/C18H20N2O3/c1-21-16-11-18-17(22-12-23-18)10-15(16)13-2-4-14(5-3-13)20-8-6-19-7-9-20/h2-5,10-11,19H,6-9,12H2,1H3. The fraction of sp³-hybridized carbons (Fsp3) is 0.333. The third-order valence-corrected chi connectivity index (χ3v) is 4.36. The van der Waals surface area contributed by atoms with Crippen molar-refractivity contribution in [2.75, 3.05) is 45.0 Å². The van der Waals surface area contributed by atoms with E-state index in [9.17, 15) is 0 Å². The van der Waals surface area contributed by atoms with E-state index in [1.165, 1.54) is 5.69 Å². The van der Waals surface area contributed by atoms with Crippen LogP contribution in [0.1, 0.15) is 0 Å². The Morgan fingerprint density at radius 3 is 2.39 bits per heavy atom. The maximum atomic E-state index is 5.52. The van der Waals surface area contributed by atoms with Crippen LogP contribution >= 0.6 is 0 Å². The lowest BCUT2D eigenvalue weighted by Crippen LogP contribution is -2.43. The highest BCUT2D eigenvalue weighted by molar-refractivity contribution is 5.75. The summed E-state index contributed by atoms with van der Waals surface area (Å²) in [5.41, 5.74) is 3.39. The first kappa shape index (κ1) is 14.2. The van der Waals surface area contributed by atoms with Crippen LogP contribution in [-0.2, 0) is 0 Å². The van der Waals surface area contributed by atoms with E-state index in [-0.39, 0.29) is 6.79 Å². The number of benzene rings is 2. The van der Waals surface area contributed by atoms with Gasteiger partial charge < -0.3 is 24.4 Å². The quantitative estimate of drug-likeness (QED) is 0.943. The second-order valence-electron chi connectivity index (χ2n) is 5.69. The molecular weight excluding hydrogens is 292 g/mol. The summed E-state index contributed by atoms with van der Waals surface area (Å²) in [4.78, 5) is 2.40. The van der Waals surface area contributed by atoms with Gasteiger partial charge in [-0.1, -0.05) is 12.1 Å². The minimum Gasteiger partial charge on any atom is -0.496 e. The topological polar surface area (TPSA) is 43.0 Å². The van der Waals surface area contributed by atoms with E-state index >= 15 is 0 Å². The van der Waals surface area contributed by atoms with Crippen molar-refractivity contribution in [1.29, 1.82) is 0 Å². The van der Waals surface area contributed by atoms with Gasteiger partial charge in [-0.3, -0.25) is 0 Å². The number of piperazine rings is 1. The smallest absolute Gasteiger partial charge is 0.231 e. The van der Waals surface area contributed by atoms with Gasteiger partial charge in [0.1, 0.15) is 5.75 Å². The Kier molecular flexibility index (Phi) is 3.71. The number of anilines is 1. The van der Waals surface area contributed by atoms with Crippen molar-refractivity contribution in [3.63, 3.8) is 0 Å². The fourth-order valence-electron chi connectivity index (χ4n) is 3.09. The summed E-state index contributed by atoms with van der Waals surface area (Å²) < 4.78 is 16.4. The molecule has 1 fully saturated rings. The molecule has 2 aliphatic heterocycles. The van der Waals surface area contributed by atoms with Crippen molar-refractivity contribution < 1.29 is 14.2 Å². The number of nitrogens with zero attached hydrogens (tertiary/aromatic N) is 1. The van der Waals surface area contributed by atoms with Gasteiger partial charge in [0.2, 0.25) is 6.79 Å². The van der Waals surface area contributed by atoms with E-state index in [1.54, 1.807) is 7.11 Å². The SMILES string of the molecule is COc1cc2c(cc1-c1ccc(N3CCNCC3)cc1)OCO2. The second kappa shape index (κ2) is 6.01. The summed E-state index contributed by atoms with van der Waals surface area (Å²) in [5, 5.41) is 3.38. The van der Waals surface area contributed by atoms with Crippen LogP contribution in [0.2, 0.25) is 0 Å². The summed E-state index contributed by atoms with van der Waals surface area (Å²) in [6, 6.07) is 12.5. The zero-order chi connectivity index (χ0) is 15.6. The molecule has 23 heavy (non-hydrogen) atoms. The van der Waals surface area contributed by atoms with Crippen molar-refractivity contribution >= 4 is 5.69 Å². The first-order chi connectivity index (χ1) is 11.3. The molecule has 1 N–H and O–H groups in total. The van der Waals surface area contributed by atoms with E-state index in [4.69, 9.17) is 14.2 Å². The third kappa shape index (κ3) is 2.68. The maximum Gasteiger partial charge on any atom is 0.231 e. The van der Waals surface area contributed by atoms with Crippen molar-refractivity contribution in [1.82, 2.24) is 5.32 Å². The Hall–Kier alpha value is -2.40. The van der Waals surface area contributed by atoms with Gasteiger partial charge in [0.15, 0.2) is 11.5 Å². The first-order valence-corrected chi connectivity index (χ1v) is 7.89. The molecule has 1 saturated heterocycles. The highest BCUT2D eigenvalue weighted by atomic mass is 16.7. The summed E-state index contributed by atoms with van der Waals surface area (Å²) >= 11 is 0. The molecule has 0 radical (unpaired) electrons. The van der Waals surface area contributed by atoms with E-state index < -0.39 is 0 Å². The zero-order valence-electron chi connectivity index (χ0n) is 13.2. The Labute approximate surface area is 135 Å². The molecular formula is C18H20N2O3. The molecule has 0 amide bonds. The molecule has 0 unspecified atom stereocenters. The number of fused-ring (bicyclic) bond motifs is 1. The first-order valence-electron chi connectivity index (χ1n) is 7.89. The average Bonchev–Trinajstić information content (AvgIpc) is 3.09. The van der Waals surface area contributed by atoms with Gasteiger partial charge in [0, 0.05) is 43.5 Å². The molecule has 4 rings (SSSR count). The van der Waals surface area contributed by atoms with Gasteiger partial charge in [0.25, 0.3) is 0 Å².